The van der Waals surface area contributed by atoms with Gasteiger partial charge in [-0.25, -0.2) is 4.98 Å². The fourth-order valence-electron chi connectivity index (χ4n) is 3.49. The van der Waals surface area contributed by atoms with Crippen molar-refractivity contribution in [3.8, 4) is 0 Å². The summed E-state index contributed by atoms with van der Waals surface area (Å²) in [6, 6.07) is 10.0. The second kappa shape index (κ2) is 10.5. The Morgan fingerprint density at radius 2 is 1.50 bits per heavy atom. The molecule has 1 amide bonds. The number of benzene rings is 2. The average molecular weight is 553 g/mol. The molecule has 0 unspecified atom stereocenters. The van der Waals surface area contributed by atoms with Gasteiger partial charge in [-0.1, -0.05) is 58.5 Å². The number of piperidine rings is 1. The van der Waals surface area contributed by atoms with Crippen LogP contribution < -0.4 is 5.73 Å². The van der Waals surface area contributed by atoms with E-state index >= 15 is 0 Å². The van der Waals surface area contributed by atoms with Crippen LogP contribution in [0.5, 0.6) is 0 Å². The molecule has 0 atom stereocenters. The van der Waals surface area contributed by atoms with Gasteiger partial charge in [0, 0.05) is 55.4 Å². The van der Waals surface area contributed by atoms with Crippen molar-refractivity contribution in [3.05, 3.63) is 89.8 Å². The smallest absolute Gasteiger partial charge is 0.228 e. The number of halogens is 4. The van der Waals surface area contributed by atoms with Crippen molar-refractivity contribution >= 4 is 86.7 Å². The molecule has 0 aliphatic carbocycles. The Morgan fingerprint density at radius 1 is 0.971 bits per heavy atom. The van der Waals surface area contributed by atoms with Gasteiger partial charge in [-0.05, 0) is 47.5 Å². The molecule has 10 heteroatoms. The first-order chi connectivity index (χ1) is 16.2. The van der Waals surface area contributed by atoms with E-state index in [1.54, 1.807) is 59.6 Å². The van der Waals surface area contributed by atoms with Crippen molar-refractivity contribution < 1.29 is 9.59 Å². The van der Waals surface area contributed by atoms with Crippen LogP contribution in [0, 0.1) is 0 Å². The molecule has 1 aromatic heterocycles. The number of likely N-dealkylation sites (tertiary alicyclic amines) is 1. The number of nitrogens with zero attached hydrogens (tertiary/aromatic N) is 2. The number of amides is 1. The van der Waals surface area contributed by atoms with E-state index in [1.165, 1.54) is 11.3 Å². The highest BCUT2D eigenvalue weighted by Crippen LogP contribution is 2.29. The number of aromatic nitrogens is 1. The number of thiazole rings is 1. The van der Waals surface area contributed by atoms with E-state index in [9.17, 15) is 9.59 Å². The Kier molecular flexibility index (Phi) is 7.65. The molecule has 1 aliphatic rings. The fraction of sp³-hybridized carbons (Fsp3) is 0.125. The maximum absolute atomic E-state index is 13.4. The molecule has 3 aromatic rings. The topological polar surface area (TPSA) is 76.3 Å². The SMILES string of the molecule is Nc1ncc(CC(=O)N2C/C(=C/c3ccc(Cl)cc3Cl)C(=O)/C(=C/c3ccc(Cl)cc3Cl)C2)s1. The number of Topliss-reactive ketones (excluding diaryl/α,β-unsaturated/α-hetero) is 1. The molecule has 2 heterocycles. The van der Waals surface area contributed by atoms with Gasteiger partial charge >= 0.3 is 0 Å². The summed E-state index contributed by atoms with van der Waals surface area (Å²) in [7, 11) is 0. The average Bonchev–Trinajstić information content (AvgIpc) is 3.18. The number of hydrogen-bond acceptors (Lipinski definition) is 5. The lowest BCUT2D eigenvalue weighted by Crippen LogP contribution is -2.42. The summed E-state index contributed by atoms with van der Waals surface area (Å²) in [5.41, 5.74) is 7.79. The Labute approximate surface area is 220 Å². The molecule has 0 spiro atoms. The number of hydrogen-bond donors (Lipinski definition) is 1. The normalized spacial score (nSPS) is 16.5. The second-order valence-electron chi connectivity index (χ2n) is 7.59. The van der Waals surface area contributed by atoms with Crippen LogP contribution >= 0.6 is 57.7 Å². The minimum Gasteiger partial charge on any atom is -0.375 e. The molecule has 0 bridgehead atoms. The highest BCUT2D eigenvalue weighted by molar-refractivity contribution is 7.15. The van der Waals surface area contributed by atoms with Crippen LogP contribution in [0.25, 0.3) is 12.2 Å². The lowest BCUT2D eigenvalue weighted by atomic mass is 9.94. The number of nitrogen functional groups attached to an aromatic ring is 1. The number of rotatable bonds is 4. The number of carbonyl (C=O) groups excluding carboxylic acids is 2. The van der Waals surface area contributed by atoms with Crippen molar-refractivity contribution in [2.45, 2.75) is 6.42 Å². The maximum atomic E-state index is 13.4. The Balaban J connectivity index is 1.71. The molecule has 5 nitrogen and oxygen atoms in total. The van der Waals surface area contributed by atoms with Gasteiger partial charge in [0.1, 0.15) is 0 Å². The monoisotopic (exact) mass is 551 g/mol. The molecule has 1 aliphatic heterocycles. The van der Waals surface area contributed by atoms with Crippen molar-refractivity contribution in [1.29, 1.82) is 0 Å². The zero-order chi connectivity index (χ0) is 24.4. The van der Waals surface area contributed by atoms with Gasteiger partial charge in [-0.3, -0.25) is 9.59 Å². The van der Waals surface area contributed by atoms with Crippen molar-refractivity contribution in [3.63, 3.8) is 0 Å². The Morgan fingerprint density at radius 3 is 1.94 bits per heavy atom. The Bertz CT molecular complexity index is 1280. The molecular weight excluding hydrogens is 536 g/mol. The summed E-state index contributed by atoms with van der Waals surface area (Å²) < 4.78 is 0. The van der Waals surface area contributed by atoms with Gasteiger partial charge in [0.05, 0.1) is 6.42 Å². The van der Waals surface area contributed by atoms with Gasteiger partial charge in [0.15, 0.2) is 10.9 Å². The lowest BCUT2D eigenvalue weighted by Gasteiger charge is -2.30. The molecule has 4 rings (SSSR count). The summed E-state index contributed by atoms with van der Waals surface area (Å²) in [5, 5.41) is 2.18. The summed E-state index contributed by atoms with van der Waals surface area (Å²) in [6.45, 7) is 0.271. The van der Waals surface area contributed by atoms with E-state index in [1.807, 2.05) is 0 Å². The van der Waals surface area contributed by atoms with Gasteiger partial charge < -0.3 is 10.6 Å². The first-order valence-corrected chi connectivity index (χ1v) is 12.4. The molecule has 1 fully saturated rings. The summed E-state index contributed by atoms with van der Waals surface area (Å²) in [4.78, 5) is 32.9. The Hall–Kier alpha value is -2.35. The lowest BCUT2D eigenvalue weighted by molar-refractivity contribution is -0.130. The number of carbonyl (C=O) groups is 2. The summed E-state index contributed by atoms with van der Waals surface area (Å²) in [5.74, 6) is -0.347. The molecule has 1 saturated heterocycles. The predicted octanol–water partition coefficient (Wildman–Crippen LogP) is 6.46. The minimum absolute atomic E-state index is 0.132. The van der Waals surface area contributed by atoms with Crippen LogP contribution in [0.4, 0.5) is 5.13 Å². The van der Waals surface area contributed by atoms with Crippen molar-refractivity contribution in [2.75, 3.05) is 18.8 Å². The van der Waals surface area contributed by atoms with E-state index in [-0.39, 0.29) is 31.2 Å². The summed E-state index contributed by atoms with van der Waals surface area (Å²) >= 11 is 25.9. The van der Waals surface area contributed by atoms with Gasteiger partial charge in [-0.15, -0.1) is 11.3 Å². The highest BCUT2D eigenvalue weighted by Gasteiger charge is 2.29. The van der Waals surface area contributed by atoms with E-state index in [0.717, 1.165) is 4.88 Å². The maximum Gasteiger partial charge on any atom is 0.228 e. The zero-order valence-corrected chi connectivity index (χ0v) is 21.4. The molecule has 174 valence electrons. The van der Waals surface area contributed by atoms with Crippen LogP contribution in [-0.4, -0.2) is 34.7 Å². The van der Waals surface area contributed by atoms with Gasteiger partial charge in [0.25, 0.3) is 0 Å². The first kappa shape index (κ1) is 24.8. The van der Waals surface area contributed by atoms with Crippen molar-refractivity contribution in [1.82, 2.24) is 9.88 Å². The zero-order valence-electron chi connectivity index (χ0n) is 17.5. The van der Waals surface area contributed by atoms with Crippen LogP contribution in [-0.2, 0) is 16.0 Å². The molecule has 0 radical (unpaired) electrons. The third-order valence-corrected chi connectivity index (χ3v) is 7.09. The quantitative estimate of drug-likeness (QED) is 0.377. The van der Waals surface area contributed by atoms with E-state index in [2.05, 4.69) is 4.98 Å². The number of nitrogens with two attached hydrogens (primary N) is 1. The molecule has 2 aromatic carbocycles. The van der Waals surface area contributed by atoms with Gasteiger partial charge in [0.2, 0.25) is 5.91 Å². The van der Waals surface area contributed by atoms with Crippen LogP contribution in [0.15, 0.2) is 53.7 Å². The third kappa shape index (κ3) is 5.82. The first-order valence-electron chi connectivity index (χ1n) is 10.0. The number of ketones is 1. The standard InChI is InChI=1S/C24H17Cl4N3O2S/c25-17-3-1-13(20(27)7-17)5-15-11-31(22(32)9-19-10-30-24(29)34-19)12-16(23(15)33)6-14-2-4-18(26)8-21(14)28/h1-8,10H,9,11-12H2,(H2,29,30)/b15-5-,16-6+. The fourth-order valence-corrected chi connectivity index (χ4v) is 5.09. The molecule has 2 N–H and O–H groups in total. The predicted molar refractivity (Wildman–Crippen MR) is 141 cm³/mol. The van der Waals surface area contributed by atoms with E-state index in [0.29, 0.717) is 47.5 Å². The largest absolute Gasteiger partial charge is 0.375 e. The second-order valence-corrected chi connectivity index (χ2v) is 10.4. The van der Waals surface area contributed by atoms with Crippen LogP contribution in [0.3, 0.4) is 0 Å². The molecular formula is C24H17Cl4N3O2S. The van der Waals surface area contributed by atoms with Crippen molar-refractivity contribution in [2.24, 2.45) is 0 Å². The van der Waals surface area contributed by atoms with E-state index < -0.39 is 0 Å². The van der Waals surface area contributed by atoms with Crippen LogP contribution in [0.1, 0.15) is 16.0 Å². The highest BCUT2D eigenvalue weighted by atomic mass is 35.5. The summed E-state index contributed by atoms with van der Waals surface area (Å²) in [6.07, 6.45) is 5.08. The third-order valence-electron chi connectivity index (χ3n) is 5.14. The minimum atomic E-state index is -0.192. The molecule has 0 saturated carbocycles. The molecule has 34 heavy (non-hydrogen) atoms. The number of anilines is 1. The van der Waals surface area contributed by atoms with Crippen LogP contribution in [0.2, 0.25) is 20.1 Å². The van der Waals surface area contributed by atoms with Gasteiger partial charge in [-0.2, -0.15) is 0 Å². The van der Waals surface area contributed by atoms with E-state index in [4.69, 9.17) is 52.1 Å².